The summed E-state index contributed by atoms with van der Waals surface area (Å²) in [7, 11) is 0. The van der Waals surface area contributed by atoms with Crippen molar-refractivity contribution in [3.05, 3.63) is 0 Å². The van der Waals surface area contributed by atoms with E-state index >= 15 is 0 Å². The van der Waals surface area contributed by atoms with Gasteiger partial charge in [-0.15, -0.1) is 0 Å². The second-order valence-corrected chi connectivity index (χ2v) is 2.96. The summed E-state index contributed by atoms with van der Waals surface area (Å²) in [6, 6.07) is 0. The molecule has 1 heterocycles. The van der Waals surface area contributed by atoms with Crippen molar-refractivity contribution in [2.24, 2.45) is 0 Å². The molecule has 0 bridgehead atoms. The van der Waals surface area contributed by atoms with Crippen LogP contribution in [0.3, 0.4) is 0 Å². The predicted molar refractivity (Wildman–Crippen MR) is 37.5 cm³/mol. The van der Waals surface area contributed by atoms with Crippen molar-refractivity contribution < 1.29 is 69.1 Å². The number of ether oxygens (including phenoxy) is 1. The van der Waals surface area contributed by atoms with E-state index < -0.39 is 12.8 Å². The van der Waals surface area contributed by atoms with Crippen LogP contribution < -0.4 is 51.4 Å². The summed E-state index contributed by atoms with van der Waals surface area (Å²) < 4.78 is 41.1. The van der Waals surface area contributed by atoms with E-state index in [-0.39, 0.29) is 64.4 Å². The zero-order valence-electron chi connectivity index (χ0n) is 7.23. The third-order valence-electron chi connectivity index (χ3n) is 1.98. The van der Waals surface area contributed by atoms with Gasteiger partial charge in [0.05, 0.1) is 0 Å². The van der Waals surface area contributed by atoms with Crippen LogP contribution in [0, 0.1) is 0 Å². The molecule has 0 spiro atoms. The Balaban J connectivity index is 0.00000121. The first-order chi connectivity index (χ1) is 5.11. The Morgan fingerprint density at radius 3 is 2.42 bits per heavy atom. The Morgan fingerprint density at radius 2 is 1.83 bits per heavy atom. The van der Waals surface area contributed by atoms with Gasteiger partial charge in [0.1, 0.15) is 0 Å². The van der Waals surface area contributed by atoms with E-state index in [2.05, 4.69) is 0 Å². The first-order valence-electron chi connectivity index (χ1n) is 3.88. The van der Waals surface area contributed by atoms with E-state index in [4.69, 9.17) is 4.74 Å². The van der Waals surface area contributed by atoms with Crippen LogP contribution >= 0.6 is 0 Å². The molecule has 66 valence electrons. The van der Waals surface area contributed by atoms with Crippen LogP contribution in [0.5, 0.6) is 0 Å². The summed E-state index contributed by atoms with van der Waals surface area (Å²) in [6.45, 7) is -4.30. The molecule has 1 unspecified atom stereocenters. The van der Waals surface area contributed by atoms with Crippen molar-refractivity contribution in [2.45, 2.75) is 25.1 Å². The molecule has 1 atom stereocenters. The van der Waals surface area contributed by atoms with E-state index in [1.165, 1.54) is 0 Å². The van der Waals surface area contributed by atoms with E-state index in [1.54, 1.807) is 0 Å². The van der Waals surface area contributed by atoms with Gasteiger partial charge in [-0.05, 0) is 12.2 Å². The van der Waals surface area contributed by atoms with E-state index in [0.29, 0.717) is 13.0 Å². The van der Waals surface area contributed by atoms with Crippen LogP contribution in [0.25, 0.3) is 0 Å². The first-order valence-corrected chi connectivity index (χ1v) is 3.88. The third kappa shape index (κ3) is 4.62. The van der Waals surface area contributed by atoms with Gasteiger partial charge in [0.2, 0.25) is 0 Å². The fourth-order valence-corrected chi connectivity index (χ4v) is 1.23. The van der Waals surface area contributed by atoms with Gasteiger partial charge in [0.15, 0.2) is 0 Å². The molecule has 1 aliphatic heterocycles. The number of hydrogen-bond donors (Lipinski definition) is 0. The van der Waals surface area contributed by atoms with Gasteiger partial charge in [0, 0.05) is 13.2 Å². The maximum atomic E-state index is 12.1. The number of rotatable bonds is 1. The molecule has 1 saturated heterocycles. The van der Waals surface area contributed by atoms with E-state index in [0.717, 1.165) is 6.42 Å². The Bertz CT molecular complexity index is 122. The van der Waals surface area contributed by atoms with Gasteiger partial charge in [-0.1, -0.05) is 12.8 Å². The normalized spacial score (nSPS) is 25.8. The molecular weight excluding hydrogens is 195 g/mol. The molecule has 6 heteroatoms. The fraction of sp³-hybridized carbons (Fsp3) is 1.00. The van der Waals surface area contributed by atoms with Crippen LogP contribution in [0.15, 0.2) is 0 Å². The molecule has 0 amide bonds. The summed E-state index contributed by atoms with van der Waals surface area (Å²) in [4.78, 5) is 0. The smallest absolute Gasteiger partial charge is 0.449 e. The van der Waals surface area contributed by atoms with Crippen molar-refractivity contribution in [2.75, 3.05) is 13.2 Å². The molecule has 0 aromatic carbocycles. The maximum Gasteiger partial charge on any atom is 1.00 e. The average molecular weight is 206 g/mol. The van der Waals surface area contributed by atoms with Crippen LogP contribution in [-0.4, -0.2) is 20.2 Å². The molecule has 0 N–H and O–H groups in total. The topological polar surface area (TPSA) is 9.23 Å². The second-order valence-electron chi connectivity index (χ2n) is 2.96. The van der Waals surface area contributed by atoms with Gasteiger partial charge in [0.25, 0.3) is 0 Å². The maximum absolute atomic E-state index is 12.1. The molecule has 0 aromatic heterocycles. The van der Waals surface area contributed by atoms with Crippen LogP contribution in [-0.2, 0) is 4.74 Å². The molecule has 12 heavy (non-hydrogen) atoms. The Hall–Kier alpha value is 1.45. The van der Waals surface area contributed by atoms with E-state index in [9.17, 15) is 12.9 Å². The number of halogens is 3. The summed E-state index contributed by atoms with van der Waals surface area (Å²) >= 11 is 0. The minimum absolute atomic E-state index is 0. The van der Waals surface area contributed by atoms with Crippen molar-refractivity contribution >= 4 is 6.98 Å². The van der Waals surface area contributed by atoms with Gasteiger partial charge in [-0.3, -0.25) is 0 Å². The summed E-state index contributed by atoms with van der Waals surface area (Å²) in [6.07, 6.45) is 1.66. The van der Waals surface area contributed by atoms with Crippen LogP contribution in [0.4, 0.5) is 12.9 Å². The Morgan fingerprint density at radius 1 is 1.17 bits per heavy atom. The van der Waals surface area contributed by atoms with Gasteiger partial charge < -0.3 is 17.7 Å². The first kappa shape index (κ1) is 13.5. The average Bonchev–Trinajstić information content (AvgIpc) is 2.10. The molecule has 0 radical (unpaired) electrons. The Labute approximate surface area is 113 Å². The standard InChI is InChI=1S/C6H11BF3O.K/c8-7(9,10)6-3-1-2-4-11-5-6;/h6H,1-5H2;/q-1;+1. The minimum atomic E-state index is -4.67. The zero-order chi connectivity index (χ0) is 8.32. The Kier molecular flexibility index (Phi) is 6.76. The molecular formula is C6H11BF3KO. The molecule has 1 fully saturated rings. The summed E-state index contributed by atoms with van der Waals surface area (Å²) in [5.74, 6) is -1.17. The van der Waals surface area contributed by atoms with Crippen molar-refractivity contribution in [1.29, 1.82) is 0 Å². The minimum Gasteiger partial charge on any atom is -0.449 e. The molecule has 0 aromatic rings. The fourth-order valence-electron chi connectivity index (χ4n) is 1.23. The molecule has 0 aliphatic carbocycles. The summed E-state index contributed by atoms with van der Waals surface area (Å²) in [5.41, 5.74) is 0. The van der Waals surface area contributed by atoms with Gasteiger partial charge in [-0.25, -0.2) is 0 Å². The second kappa shape index (κ2) is 6.03. The summed E-state index contributed by atoms with van der Waals surface area (Å²) in [5, 5.41) is 0. The van der Waals surface area contributed by atoms with E-state index in [1.807, 2.05) is 0 Å². The quantitative estimate of drug-likeness (QED) is 0.521. The monoisotopic (exact) mass is 206 g/mol. The number of hydrogen-bond acceptors (Lipinski definition) is 1. The molecule has 0 saturated carbocycles. The molecule has 1 nitrogen and oxygen atoms in total. The largest absolute Gasteiger partial charge is 1.00 e. The van der Waals surface area contributed by atoms with Gasteiger partial charge in [-0.2, -0.15) is 0 Å². The van der Waals surface area contributed by atoms with Crippen molar-refractivity contribution in [1.82, 2.24) is 0 Å². The SMILES string of the molecule is F[B-](F)(F)C1CCCCOC1.[K+]. The van der Waals surface area contributed by atoms with Crippen molar-refractivity contribution in [3.63, 3.8) is 0 Å². The molecule has 1 rings (SSSR count). The van der Waals surface area contributed by atoms with Crippen LogP contribution in [0.2, 0.25) is 5.82 Å². The molecule has 1 aliphatic rings. The zero-order valence-corrected chi connectivity index (χ0v) is 10.4. The van der Waals surface area contributed by atoms with Gasteiger partial charge >= 0.3 is 58.4 Å². The third-order valence-corrected chi connectivity index (χ3v) is 1.98. The predicted octanol–water partition coefficient (Wildman–Crippen LogP) is -0.592. The van der Waals surface area contributed by atoms with Crippen LogP contribution in [0.1, 0.15) is 19.3 Å². The van der Waals surface area contributed by atoms with Crippen molar-refractivity contribution in [3.8, 4) is 0 Å².